The van der Waals surface area contributed by atoms with Crippen LogP contribution in [0.3, 0.4) is 0 Å². The van der Waals surface area contributed by atoms with Crippen LogP contribution in [0.5, 0.6) is 5.75 Å². The number of benzene rings is 2. The highest BCUT2D eigenvalue weighted by Crippen LogP contribution is 2.41. The van der Waals surface area contributed by atoms with Crippen molar-refractivity contribution in [3.8, 4) is 17.1 Å². The van der Waals surface area contributed by atoms with Crippen molar-refractivity contribution in [2.45, 2.75) is 64.3 Å². The first kappa shape index (κ1) is 35.0. The van der Waals surface area contributed by atoms with Gasteiger partial charge < -0.3 is 29.7 Å². The number of hydrogen-bond acceptors (Lipinski definition) is 10. The number of carbonyl (C=O) groups excluding carboxylic acids is 3. The zero-order chi connectivity index (χ0) is 35.6. The second kappa shape index (κ2) is 14.6. The Morgan fingerprint density at radius 1 is 1.08 bits per heavy atom. The summed E-state index contributed by atoms with van der Waals surface area (Å²) in [5, 5.41) is 24.3. The molecule has 0 spiro atoms. The molecule has 0 bridgehead atoms. The van der Waals surface area contributed by atoms with Gasteiger partial charge in [-0.05, 0) is 86.9 Å². The zero-order valence-corrected chi connectivity index (χ0v) is 28.6. The van der Waals surface area contributed by atoms with Gasteiger partial charge >= 0.3 is 5.97 Å². The third-order valence-electron chi connectivity index (χ3n) is 9.52. The van der Waals surface area contributed by atoms with Gasteiger partial charge in [0, 0.05) is 48.0 Å². The number of pyridine rings is 2. The predicted octanol–water partition coefficient (Wildman–Crippen LogP) is 3.65. The number of hydrogen-bond donors (Lipinski definition) is 3. The Morgan fingerprint density at radius 2 is 1.86 bits per heavy atom. The summed E-state index contributed by atoms with van der Waals surface area (Å²) in [4.78, 5) is 57.6. The molecule has 260 valence electrons. The van der Waals surface area contributed by atoms with Gasteiger partial charge in [-0.3, -0.25) is 19.2 Å². The summed E-state index contributed by atoms with van der Waals surface area (Å²) in [6, 6.07) is 14.9. The normalized spacial score (nSPS) is 16.6. The Labute approximate surface area is 290 Å². The average molecular weight is 679 g/mol. The number of rotatable bonds is 13. The van der Waals surface area contributed by atoms with Crippen LogP contribution in [0.2, 0.25) is 0 Å². The molecule has 3 N–H and O–H groups in total. The van der Waals surface area contributed by atoms with Crippen LogP contribution >= 0.6 is 0 Å². The summed E-state index contributed by atoms with van der Waals surface area (Å²) >= 11 is 0. The van der Waals surface area contributed by atoms with E-state index in [1.165, 1.54) is 6.08 Å². The second-order valence-corrected chi connectivity index (χ2v) is 13.2. The highest BCUT2D eigenvalue weighted by molar-refractivity contribution is 5.94. The molecule has 3 heterocycles. The van der Waals surface area contributed by atoms with E-state index in [0.717, 1.165) is 27.6 Å². The number of aliphatic hydroxyl groups is 2. The zero-order valence-electron chi connectivity index (χ0n) is 28.6. The number of nitrogens with zero attached hydrogens (tertiary/aromatic N) is 3. The lowest BCUT2D eigenvalue weighted by Crippen LogP contribution is -2.43. The molecule has 0 saturated heterocycles. The van der Waals surface area contributed by atoms with Gasteiger partial charge in [-0.1, -0.05) is 37.3 Å². The number of ketones is 2. The predicted molar refractivity (Wildman–Crippen MR) is 190 cm³/mol. The van der Waals surface area contributed by atoms with E-state index in [0.29, 0.717) is 72.8 Å². The monoisotopic (exact) mass is 678 g/mol. The molecule has 1 aliphatic carbocycles. The van der Waals surface area contributed by atoms with Crippen LogP contribution in [0.25, 0.3) is 28.4 Å². The van der Waals surface area contributed by atoms with Gasteiger partial charge in [0.25, 0.3) is 5.56 Å². The molecule has 1 atom stereocenters. The second-order valence-electron chi connectivity index (χ2n) is 13.2. The van der Waals surface area contributed by atoms with Crippen LogP contribution in [0.1, 0.15) is 66.0 Å². The van der Waals surface area contributed by atoms with Crippen molar-refractivity contribution >= 4 is 34.5 Å². The van der Waals surface area contributed by atoms with Crippen molar-refractivity contribution in [2.75, 3.05) is 27.2 Å². The van der Waals surface area contributed by atoms with Crippen molar-refractivity contribution in [3.05, 3.63) is 98.3 Å². The van der Waals surface area contributed by atoms with E-state index in [1.807, 2.05) is 55.4 Å². The van der Waals surface area contributed by atoms with Crippen LogP contribution in [0.15, 0.2) is 59.4 Å². The molecule has 50 heavy (non-hydrogen) atoms. The van der Waals surface area contributed by atoms with E-state index in [2.05, 4.69) is 5.32 Å². The average Bonchev–Trinajstić information content (AvgIpc) is 3.48. The number of aliphatic hydroxyl groups excluding tert-OH is 1. The molecular weight excluding hydrogens is 636 g/mol. The van der Waals surface area contributed by atoms with Gasteiger partial charge in [-0.2, -0.15) is 0 Å². The van der Waals surface area contributed by atoms with Crippen molar-refractivity contribution in [2.24, 2.45) is 0 Å². The molecule has 2 aliphatic rings. The van der Waals surface area contributed by atoms with E-state index in [-0.39, 0.29) is 42.4 Å². The summed E-state index contributed by atoms with van der Waals surface area (Å²) in [5.41, 5.74) is 4.75. The first-order chi connectivity index (χ1) is 24.0. The topological polar surface area (TPSA) is 151 Å². The third-order valence-corrected chi connectivity index (χ3v) is 9.52. The van der Waals surface area contributed by atoms with Crippen LogP contribution in [-0.4, -0.2) is 69.4 Å². The van der Waals surface area contributed by atoms with Crippen LogP contribution in [0, 0.1) is 0 Å². The highest BCUT2D eigenvalue weighted by Gasteiger charge is 2.43. The van der Waals surface area contributed by atoms with E-state index in [4.69, 9.17) is 14.8 Å². The molecule has 2 aromatic carbocycles. The van der Waals surface area contributed by atoms with Gasteiger partial charge in [0.2, 0.25) is 0 Å². The number of Topliss-reactive ketones (excluding diaryl/α,β-unsaturated/α-hetero) is 1. The van der Waals surface area contributed by atoms with E-state index in [1.54, 1.807) is 29.7 Å². The lowest BCUT2D eigenvalue weighted by molar-refractivity contribution is -0.140. The molecule has 0 amide bonds. The van der Waals surface area contributed by atoms with E-state index < -0.39 is 12.2 Å². The lowest BCUT2D eigenvalue weighted by Gasteiger charge is -2.32. The first-order valence-electron chi connectivity index (χ1n) is 17.0. The number of ether oxygens (including phenoxy) is 1. The van der Waals surface area contributed by atoms with E-state index in [9.17, 15) is 24.3 Å². The standard InChI is InChI=1S/C39H42N4O7/c1-4-39(49)32-19-34-37-31(22-43(34)38(48)28(32)14-16-35(39)46)30(21-42(2)3)29-18-27(13-15-33(29)41-37)50-36(47)6-5-17-40-20-25-9-7-24(8-10-25)11-12-26(45)23-44/h7-13,15,18-19,40,44,49H,4-6,14,16-17,20-23H2,1-3H3/b12-11+/t39-/m0/s1. The molecular formula is C39H42N4O7. The fraction of sp³-hybridized carbons (Fsp3) is 0.359. The molecule has 0 unspecified atom stereocenters. The molecule has 1 aliphatic heterocycles. The Morgan fingerprint density at radius 3 is 2.58 bits per heavy atom. The van der Waals surface area contributed by atoms with Crippen LogP contribution in [0.4, 0.5) is 0 Å². The molecule has 0 fully saturated rings. The summed E-state index contributed by atoms with van der Waals surface area (Å²) < 4.78 is 7.45. The quantitative estimate of drug-likeness (QED) is 0.0729. The van der Waals surface area contributed by atoms with Crippen molar-refractivity contribution in [3.63, 3.8) is 0 Å². The maximum absolute atomic E-state index is 13.8. The number of fused-ring (bicyclic) bond motifs is 5. The van der Waals surface area contributed by atoms with Crippen molar-refractivity contribution < 1.29 is 29.3 Å². The van der Waals surface area contributed by atoms with Crippen molar-refractivity contribution in [1.29, 1.82) is 0 Å². The molecule has 0 radical (unpaired) electrons. The largest absolute Gasteiger partial charge is 0.427 e. The maximum Gasteiger partial charge on any atom is 0.311 e. The Hall–Kier alpha value is -4.81. The number of esters is 1. The Kier molecular flexibility index (Phi) is 10.2. The summed E-state index contributed by atoms with van der Waals surface area (Å²) in [5.74, 6) is -0.534. The van der Waals surface area contributed by atoms with E-state index >= 15 is 0 Å². The van der Waals surface area contributed by atoms with Crippen LogP contribution < -0.4 is 15.6 Å². The van der Waals surface area contributed by atoms with Gasteiger partial charge in [0.15, 0.2) is 11.6 Å². The fourth-order valence-corrected chi connectivity index (χ4v) is 6.85. The molecule has 0 saturated carbocycles. The van der Waals surface area contributed by atoms with Crippen LogP contribution in [-0.2, 0) is 46.0 Å². The third kappa shape index (κ3) is 6.95. The summed E-state index contributed by atoms with van der Waals surface area (Å²) in [7, 11) is 3.93. The molecule has 11 heteroatoms. The SMILES string of the molecule is CC[C@@]1(O)C(=O)CCc2c1cc1n(c2=O)Cc2c-1nc1ccc(OC(=O)CCCNCc3ccc(/C=C/C(=O)CO)cc3)cc1c2CN(C)C. The minimum Gasteiger partial charge on any atom is -0.427 e. The Bertz CT molecular complexity index is 2070. The van der Waals surface area contributed by atoms with Gasteiger partial charge in [0.1, 0.15) is 18.0 Å². The number of nitrogens with one attached hydrogen (secondary N) is 1. The lowest BCUT2D eigenvalue weighted by atomic mass is 9.77. The molecule has 4 aromatic rings. The fourth-order valence-electron chi connectivity index (χ4n) is 6.85. The minimum atomic E-state index is -1.68. The Balaban J connectivity index is 1.15. The van der Waals surface area contributed by atoms with Crippen molar-refractivity contribution in [1.82, 2.24) is 19.8 Å². The maximum atomic E-state index is 13.8. The molecule has 2 aromatic heterocycles. The number of carbonyl (C=O) groups is 3. The first-order valence-corrected chi connectivity index (χ1v) is 17.0. The van der Waals surface area contributed by atoms with Gasteiger partial charge in [0.05, 0.1) is 23.4 Å². The summed E-state index contributed by atoms with van der Waals surface area (Å²) in [6.07, 6.45) is 4.47. The smallest absolute Gasteiger partial charge is 0.311 e. The van der Waals surface area contributed by atoms with Gasteiger partial charge in [-0.25, -0.2) is 4.98 Å². The highest BCUT2D eigenvalue weighted by atomic mass is 16.5. The number of aromatic nitrogens is 2. The van der Waals surface area contributed by atoms with Gasteiger partial charge in [-0.15, -0.1) is 0 Å². The molecule has 6 rings (SSSR count). The molecule has 11 nitrogen and oxygen atoms in total. The summed E-state index contributed by atoms with van der Waals surface area (Å²) in [6.45, 7) is 3.38. The minimum absolute atomic E-state index is 0.136.